The monoisotopic (exact) mass is 303 g/mol. The quantitative estimate of drug-likeness (QED) is 0.638. The molecule has 0 unspecified atom stereocenters. The first kappa shape index (κ1) is 9.38. The van der Waals surface area contributed by atoms with Crippen molar-refractivity contribution in [3.8, 4) is 0 Å². The molecule has 5 nitrogen and oxygen atoms in total. The van der Waals surface area contributed by atoms with Gasteiger partial charge in [0.1, 0.15) is 0 Å². The summed E-state index contributed by atoms with van der Waals surface area (Å²) < 4.78 is 5.55. The van der Waals surface area contributed by atoms with Crippen LogP contribution in [0.25, 0.3) is 11.0 Å². The lowest BCUT2D eigenvalue weighted by molar-refractivity contribution is 0.0593. The largest absolute Gasteiger partial charge is 0.464 e. The van der Waals surface area contributed by atoms with Gasteiger partial charge in [-0.3, -0.25) is 0 Å². The van der Waals surface area contributed by atoms with Crippen molar-refractivity contribution in [3.05, 3.63) is 21.5 Å². The molecule has 1 N–H and O–H groups in total. The van der Waals surface area contributed by atoms with Gasteiger partial charge in [0.15, 0.2) is 11.3 Å². The van der Waals surface area contributed by atoms with Crippen molar-refractivity contribution in [1.82, 2.24) is 15.2 Å². The van der Waals surface area contributed by atoms with Gasteiger partial charge in [0, 0.05) is 15.2 Å². The number of nitrogens with zero attached hydrogens (tertiary/aromatic N) is 2. The molecular weight excluding hydrogens is 297 g/mol. The lowest BCUT2D eigenvalue weighted by Gasteiger charge is -1.96. The molecule has 6 heteroatoms. The molecule has 2 aromatic heterocycles. The second-order valence-electron chi connectivity index (χ2n) is 2.62. The molecule has 14 heavy (non-hydrogen) atoms. The van der Waals surface area contributed by atoms with E-state index >= 15 is 0 Å². The Hall–Kier alpha value is -1.18. The lowest BCUT2D eigenvalue weighted by atomic mass is 10.3. The summed E-state index contributed by atoms with van der Waals surface area (Å²) in [6.45, 7) is 0. The minimum Gasteiger partial charge on any atom is -0.464 e. The first-order valence-corrected chi connectivity index (χ1v) is 4.89. The van der Waals surface area contributed by atoms with Gasteiger partial charge in [0.25, 0.3) is 0 Å². The third-order valence-corrected chi connectivity index (χ3v) is 2.67. The molecule has 0 amide bonds. The zero-order chi connectivity index (χ0) is 10.1. The Morgan fingerprint density at radius 2 is 2.36 bits per heavy atom. The number of halogens is 1. The minimum atomic E-state index is -0.476. The van der Waals surface area contributed by atoms with Crippen LogP contribution < -0.4 is 0 Å². The summed E-state index contributed by atoms with van der Waals surface area (Å²) >= 11 is 2.15. The van der Waals surface area contributed by atoms with Crippen LogP contribution >= 0.6 is 22.6 Å². The van der Waals surface area contributed by atoms with E-state index in [-0.39, 0.29) is 5.69 Å². The van der Waals surface area contributed by atoms with E-state index in [0.29, 0.717) is 5.65 Å². The molecule has 0 spiro atoms. The number of aromatic nitrogens is 3. The van der Waals surface area contributed by atoms with Crippen LogP contribution in [0.3, 0.4) is 0 Å². The van der Waals surface area contributed by atoms with Crippen LogP contribution in [0.2, 0.25) is 0 Å². The van der Waals surface area contributed by atoms with Gasteiger partial charge in [0.2, 0.25) is 0 Å². The Kier molecular flexibility index (Phi) is 2.36. The predicted molar refractivity (Wildman–Crippen MR) is 57.9 cm³/mol. The summed E-state index contributed by atoms with van der Waals surface area (Å²) in [4.78, 5) is 14.1. The molecule has 2 rings (SSSR count). The van der Waals surface area contributed by atoms with E-state index < -0.39 is 5.97 Å². The Morgan fingerprint density at radius 1 is 1.57 bits per heavy atom. The summed E-state index contributed by atoms with van der Waals surface area (Å²) in [6, 6.07) is 1.66. The van der Waals surface area contributed by atoms with Gasteiger partial charge in [-0.15, -0.1) is 10.2 Å². The van der Waals surface area contributed by atoms with Crippen molar-refractivity contribution in [2.75, 3.05) is 7.11 Å². The standard InChI is InChI=1S/C8H6IN3O2/c1-14-8(13)6-2-4-5(9)3-10-7(4)12-11-6/h2-3H,1H3,(H,10,12). The van der Waals surface area contributed by atoms with Gasteiger partial charge in [-0.1, -0.05) is 0 Å². The number of esters is 1. The van der Waals surface area contributed by atoms with Crippen molar-refractivity contribution in [2.24, 2.45) is 0 Å². The van der Waals surface area contributed by atoms with E-state index in [9.17, 15) is 4.79 Å². The van der Waals surface area contributed by atoms with E-state index in [1.807, 2.05) is 0 Å². The van der Waals surface area contributed by atoms with Gasteiger partial charge in [-0.25, -0.2) is 4.79 Å². The number of ether oxygens (including phenoxy) is 1. The molecule has 0 aliphatic carbocycles. The molecule has 72 valence electrons. The van der Waals surface area contributed by atoms with Crippen LogP contribution in [0, 0.1) is 3.57 Å². The average molecular weight is 303 g/mol. The molecule has 0 aromatic carbocycles. The lowest BCUT2D eigenvalue weighted by Crippen LogP contribution is -2.05. The molecule has 0 atom stereocenters. The summed E-state index contributed by atoms with van der Waals surface area (Å²) in [5.41, 5.74) is 0.888. The van der Waals surface area contributed by atoms with Crippen molar-refractivity contribution in [2.45, 2.75) is 0 Å². The first-order chi connectivity index (χ1) is 6.72. The maximum absolute atomic E-state index is 11.2. The van der Waals surface area contributed by atoms with Crippen LogP contribution in [-0.4, -0.2) is 28.3 Å². The van der Waals surface area contributed by atoms with E-state index in [1.54, 1.807) is 12.3 Å². The minimum absolute atomic E-state index is 0.220. The Balaban J connectivity index is 2.60. The number of hydrogen-bond donors (Lipinski definition) is 1. The molecule has 2 heterocycles. The van der Waals surface area contributed by atoms with Gasteiger partial charge < -0.3 is 9.72 Å². The highest BCUT2D eigenvalue weighted by Gasteiger charge is 2.11. The highest BCUT2D eigenvalue weighted by Crippen LogP contribution is 2.18. The molecule has 0 aliphatic rings. The van der Waals surface area contributed by atoms with Crippen molar-refractivity contribution >= 4 is 39.6 Å². The highest BCUT2D eigenvalue weighted by molar-refractivity contribution is 14.1. The van der Waals surface area contributed by atoms with Crippen molar-refractivity contribution in [1.29, 1.82) is 0 Å². The maximum Gasteiger partial charge on any atom is 0.358 e. The van der Waals surface area contributed by atoms with E-state index in [4.69, 9.17) is 0 Å². The van der Waals surface area contributed by atoms with E-state index in [1.165, 1.54) is 7.11 Å². The molecule has 0 saturated carbocycles. The van der Waals surface area contributed by atoms with Crippen LogP contribution in [0.15, 0.2) is 12.3 Å². The normalized spacial score (nSPS) is 10.4. The predicted octanol–water partition coefficient (Wildman–Crippen LogP) is 1.35. The second-order valence-corrected chi connectivity index (χ2v) is 3.78. The number of rotatable bonds is 1. The molecule has 0 aliphatic heterocycles. The molecule has 0 saturated heterocycles. The third-order valence-electron chi connectivity index (χ3n) is 1.78. The number of carbonyl (C=O) groups is 1. The summed E-state index contributed by atoms with van der Waals surface area (Å²) in [6.07, 6.45) is 1.81. The Labute approximate surface area is 93.0 Å². The fourth-order valence-electron chi connectivity index (χ4n) is 1.09. The zero-order valence-electron chi connectivity index (χ0n) is 7.24. The Bertz CT molecular complexity index is 494. The number of carbonyl (C=O) groups excluding carboxylic acids is 1. The third kappa shape index (κ3) is 1.45. The number of methoxy groups -OCH3 is 1. The van der Waals surface area contributed by atoms with Crippen LogP contribution in [0.4, 0.5) is 0 Å². The fraction of sp³-hybridized carbons (Fsp3) is 0.125. The highest BCUT2D eigenvalue weighted by atomic mass is 127. The molecule has 0 radical (unpaired) electrons. The SMILES string of the molecule is COC(=O)c1cc2c(I)c[nH]c2nn1. The number of nitrogens with one attached hydrogen (secondary N) is 1. The van der Waals surface area contributed by atoms with Crippen LogP contribution in [0.1, 0.15) is 10.5 Å². The number of fused-ring (bicyclic) bond motifs is 1. The number of H-pyrrole nitrogens is 1. The fourth-order valence-corrected chi connectivity index (χ4v) is 1.66. The van der Waals surface area contributed by atoms with Crippen LogP contribution in [-0.2, 0) is 4.74 Å². The van der Waals surface area contributed by atoms with E-state index in [0.717, 1.165) is 8.96 Å². The summed E-state index contributed by atoms with van der Waals surface area (Å²) in [7, 11) is 1.32. The first-order valence-electron chi connectivity index (χ1n) is 3.81. The van der Waals surface area contributed by atoms with Crippen molar-refractivity contribution in [3.63, 3.8) is 0 Å². The van der Waals surface area contributed by atoms with Crippen LogP contribution in [0.5, 0.6) is 0 Å². The topological polar surface area (TPSA) is 67.9 Å². The Morgan fingerprint density at radius 3 is 3.07 bits per heavy atom. The van der Waals surface area contributed by atoms with Gasteiger partial charge in [-0.05, 0) is 28.7 Å². The maximum atomic E-state index is 11.2. The van der Waals surface area contributed by atoms with E-state index in [2.05, 4.69) is 42.5 Å². The number of hydrogen-bond acceptors (Lipinski definition) is 4. The van der Waals surface area contributed by atoms with Crippen molar-refractivity contribution < 1.29 is 9.53 Å². The summed E-state index contributed by atoms with van der Waals surface area (Å²) in [5, 5.41) is 8.47. The average Bonchev–Trinajstić information content (AvgIpc) is 2.59. The number of aromatic amines is 1. The van der Waals surface area contributed by atoms with Gasteiger partial charge in [-0.2, -0.15) is 0 Å². The second kappa shape index (κ2) is 3.52. The molecular formula is C8H6IN3O2. The molecule has 0 fully saturated rings. The van der Waals surface area contributed by atoms with Gasteiger partial charge >= 0.3 is 5.97 Å². The smallest absolute Gasteiger partial charge is 0.358 e. The summed E-state index contributed by atoms with van der Waals surface area (Å²) in [5.74, 6) is -0.476. The molecule has 2 aromatic rings. The zero-order valence-corrected chi connectivity index (χ0v) is 9.40. The van der Waals surface area contributed by atoms with Gasteiger partial charge in [0.05, 0.1) is 7.11 Å². The molecule has 0 bridgehead atoms.